The Hall–Kier alpha value is -4.10. The van der Waals surface area contributed by atoms with Crippen LogP contribution < -0.4 is 9.64 Å². The van der Waals surface area contributed by atoms with Crippen molar-refractivity contribution in [3.63, 3.8) is 0 Å². The molecule has 44 heavy (non-hydrogen) atoms. The van der Waals surface area contributed by atoms with Gasteiger partial charge in [0.25, 0.3) is 0 Å². The Bertz CT molecular complexity index is 1570. The molecule has 1 aliphatic carbocycles. The van der Waals surface area contributed by atoms with Crippen molar-refractivity contribution in [1.82, 2.24) is 14.9 Å². The SMILES string of the molecule is COc1cc(F)c(C(C)C)cc1-c1cnc(N(C)C)nc1CN1C(=O)OC(c2cc(C(F)(F)F)cc(C(F)(F)F)c2)C12CC2. The lowest BCUT2D eigenvalue weighted by Gasteiger charge is -2.26. The molecular formula is C30H29F7N4O3. The monoisotopic (exact) mass is 626 g/mol. The van der Waals surface area contributed by atoms with Crippen molar-refractivity contribution in [3.8, 4) is 16.9 Å². The second kappa shape index (κ2) is 10.8. The highest BCUT2D eigenvalue weighted by molar-refractivity contribution is 5.76. The van der Waals surface area contributed by atoms with E-state index in [4.69, 9.17) is 9.47 Å². The molecule has 2 aliphatic rings. The van der Waals surface area contributed by atoms with E-state index >= 15 is 0 Å². The van der Waals surface area contributed by atoms with Crippen molar-refractivity contribution in [2.75, 3.05) is 26.1 Å². The van der Waals surface area contributed by atoms with Gasteiger partial charge in [0, 0.05) is 37.5 Å². The quantitative estimate of drug-likeness (QED) is 0.250. The van der Waals surface area contributed by atoms with Crippen LogP contribution in [0.3, 0.4) is 0 Å². The first-order valence-corrected chi connectivity index (χ1v) is 13.6. The third kappa shape index (κ3) is 5.61. The minimum absolute atomic E-state index is 0.0368. The van der Waals surface area contributed by atoms with Crippen molar-refractivity contribution in [3.05, 3.63) is 70.3 Å². The Kier molecular flexibility index (Phi) is 7.70. The minimum Gasteiger partial charge on any atom is -0.496 e. The van der Waals surface area contributed by atoms with Crippen LogP contribution in [0.15, 0.2) is 36.5 Å². The van der Waals surface area contributed by atoms with Gasteiger partial charge in [-0.15, -0.1) is 0 Å². The number of amides is 1. The Morgan fingerprint density at radius 2 is 1.64 bits per heavy atom. The number of anilines is 1. The molecule has 14 heteroatoms. The van der Waals surface area contributed by atoms with Gasteiger partial charge in [-0.2, -0.15) is 26.3 Å². The van der Waals surface area contributed by atoms with E-state index in [-0.39, 0.29) is 43.1 Å². The summed E-state index contributed by atoms with van der Waals surface area (Å²) in [6.07, 6.45) is -10.4. The lowest BCUT2D eigenvalue weighted by Crippen LogP contribution is -2.36. The maximum atomic E-state index is 14.8. The summed E-state index contributed by atoms with van der Waals surface area (Å²) in [5, 5.41) is 0. The number of methoxy groups -OCH3 is 1. The Labute approximate surface area is 248 Å². The van der Waals surface area contributed by atoms with Crippen LogP contribution in [0.1, 0.15) is 66.7 Å². The van der Waals surface area contributed by atoms with E-state index in [0.717, 1.165) is 0 Å². The predicted octanol–water partition coefficient (Wildman–Crippen LogP) is 7.74. The fraction of sp³-hybridized carbons (Fsp3) is 0.433. The van der Waals surface area contributed by atoms with E-state index in [0.29, 0.717) is 34.5 Å². The van der Waals surface area contributed by atoms with Gasteiger partial charge in [-0.1, -0.05) is 13.8 Å². The maximum absolute atomic E-state index is 14.8. The Morgan fingerprint density at radius 1 is 1.02 bits per heavy atom. The van der Waals surface area contributed by atoms with Gasteiger partial charge < -0.3 is 14.4 Å². The number of rotatable bonds is 7. The fourth-order valence-electron chi connectivity index (χ4n) is 5.50. The highest BCUT2D eigenvalue weighted by atomic mass is 19.4. The number of hydrogen-bond acceptors (Lipinski definition) is 6. The van der Waals surface area contributed by atoms with Gasteiger partial charge in [-0.3, -0.25) is 4.90 Å². The summed E-state index contributed by atoms with van der Waals surface area (Å²) < 4.78 is 107. The zero-order valence-corrected chi connectivity index (χ0v) is 24.4. The lowest BCUT2D eigenvalue weighted by atomic mass is 9.94. The van der Waals surface area contributed by atoms with E-state index < -0.39 is 52.6 Å². The average Bonchev–Trinajstić information content (AvgIpc) is 3.69. The van der Waals surface area contributed by atoms with Crippen LogP contribution in [0.2, 0.25) is 0 Å². The van der Waals surface area contributed by atoms with Gasteiger partial charge in [0.1, 0.15) is 11.6 Å². The zero-order valence-electron chi connectivity index (χ0n) is 24.4. The molecule has 0 radical (unpaired) electrons. The molecule has 3 aromatic rings. The highest BCUT2D eigenvalue weighted by Crippen LogP contribution is 2.58. The molecule has 5 rings (SSSR count). The van der Waals surface area contributed by atoms with Crippen LogP contribution in [0, 0.1) is 5.82 Å². The third-order valence-corrected chi connectivity index (χ3v) is 7.93. The summed E-state index contributed by atoms with van der Waals surface area (Å²) in [7, 11) is 4.76. The third-order valence-electron chi connectivity index (χ3n) is 7.93. The van der Waals surface area contributed by atoms with Crippen LogP contribution in [0.4, 0.5) is 41.5 Å². The molecule has 1 saturated carbocycles. The number of nitrogens with zero attached hydrogens (tertiary/aromatic N) is 4. The summed E-state index contributed by atoms with van der Waals surface area (Å²) >= 11 is 0. The van der Waals surface area contributed by atoms with E-state index in [1.54, 1.807) is 25.1 Å². The maximum Gasteiger partial charge on any atom is 0.416 e. The average molecular weight is 627 g/mol. The van der Waals surface area contributed by atoms with Crippen molar-refractivity contribution in [2.45, 2.75) is 63.1 Å². The van der Waals surface area contributed by atoms with Gasteiger partial charge in [-0.25, -0.2) is 19.2 Å². The Balaban J connectivity index is 1.60. The molecule has 1 amide bonds. The molecule has 1 spiro atoms. The Morgan fingerprint density at radius 3 is 2.14 bits per heavy atom. The molecule has 2 fully saturated rings. The van der Waals surface area contributed by atoms with Crippen molar-refractivity contribution in [2.24, 2.45) is 0 Å². The van der Waals surface area contributed by atoms with Gasteiger partial charge in [-0.05, 0) is 54.2 Å². The number of carbonyl (C=O) groups excluding carboxylic acids is 1. The number of aromatic nitrogens is 2. The fourth-order valence-corrected chi connectivity index (χ4v) is 5.50. The van der Waals surface area contributed by atoms with Gasteiger partial charge in [0.2, 0.25) is 5.95 Å². The standard InChI is InChI=1S/C30H29F7N4O3/c1-15(2)19-11-20(24(43-5)12-22(19)31)21-13-38-26(40(3)4)39-23(21)14-41-27(42)44-25(28(41)6-7-28)16-8-17(29(32,33)34)10-18(9-16)30(35,36)37/h8-13,15,25H,6-7,14H2,1-5H3. The van der Waals surface area contributed by atoms with Crippen molar-refractivity contribution < 1.29 is 45.0 Å². The molecule has 2 aromatic carbocycles. The molecule has 0 bridgehead atoms. The summed E-state index contributed by atoms with van der Waals surface area (Å²) in [6.45, 7) is 3.42. The molecule has 1 aromatic heterocycles. The second-order valence-electron chi connectivity index (χ2n) is 11.4. The summed E-state index contributed by atoms with van der Waals surface area (Å²) in [5.41, 5.74) is -3.05. The number of hydrogen-bond donors (Lipinski definition) is 0. The largest absolute Gasteiger partial charge is 0.496 e. The van der Waals surface area contributed by atoms with Crippen LogP contribution in [-0.2, 0) is 23.6 Å². The number of cyclic esters (lactones) is 1. The first-order chi connectivity index (χ1) is 20.5. The number of alkyl halides is 6. The smallest absolute Gasteiger partial charge is 0.416 e. The first kappa shape index (κ1) is 31.3. The van der Waals surface area contributed by atoms with Gasteiger partial charge >= 0.3 is 18.4 Å². The molecule has 0 N–H and O–H groups in total. The van der Waals surface area contributed by atoms with Crippen LogP contribution >= 0.6 is 0 Å². The zero-order chi connectivity index (χ0) is 32.4. The summed E-state index contributed by atoms with van der Waals surface area (Å²) in [4.78, 5) is 25.2. The van der Waals surface area contributed by atoms with Crippen LogP contribution in [-0.4, -0.2) is 47.7 Å². The van der Waals surface area contributed by atoms with Gasteiger partial charge in [0.15, 0.2) is 6.10 Å². The second-order valence-corrected chi connectivity index (χ2v) is 11.4. The highest BCUT2D eigenvalue weighted by Gasteiger charge is 2.63. The van der Waals surface area contributed by atoms with E-state index in [1.165, 1.54) is 24.3 Å². The molecule has 2 heterocycles. The number of benzene rings is 2. The molecule has 1 aliphatic heterocycles. The molecule has 1 unspecified atom stereocenters. The molecular weight excluding hydrogens is 597 g/mol. The molecule has 7 nitrogen and oxygen atoms in total. The first-order valence-electron chi connectivity index (χ1n) is 13.6. The molecule has 1 atom stereocenters. The topological polar surface area (TPSA) is 67.8 Å². The number of halogens is 7. The minimum atomic E-state index is -5.06. The van der Waals surface area contributed by atoms with E-state index in [9.17, 15) is 35.5 Å². The van der Waals surface area contributed by atoms with E-state index in [1.807, 2.05) is 13.8 Å². The lowest BCUT2D eigenvalue weighted by molar-refractivity contribution is -0.143. The number of carbonyl (C=O) groups is 1. The van der Waals surface area contributed by atoms with Crippen LogP contribution in [0.5, 0.6) is 5.75 Å². The molecule has 236 valence electrons. The van der Waals surface area contributed by atoms with Crippen molar-refractivity contribution in [1.29, 1.82) is 0 Å². The molecule has 1 saturated heterocycles. The predicted molar refractivity (Wildman–Crippen MR) is 146 cm³/mol. The van der Waals surface area contributed by atoms with Gasteiger partial charge in [0.05, 0.1) is 36.0 Å². The normalized spacial score (nSPS) is 17.8. The van der Waals surface area contributed by atoms with Crippen molar-refractivity contribution >= 4 is 12.0 Å². The number of ether oxygens (including phenoxy) is 2. The summed E-state index contributed by atoms with van der Waals surface area (Å²) in [6, 6.07) is 4.06. The van der Waals surface area contributed by atoms with Crippen LogP contribution in [0.25, 0.3) is 11.1 Å². The summed E-state index contributed by atoms with van der Waals surface area (Å²) in [5.74, 6) is -0.213. The van der Waals surface area contributed by atoms with E-state index in [2.05, 4.69) is 9.97 Å².